The summed E-state index contributed by atoms with van der Waals surface area (Å²) in [5, 5.41) is 0. The fraction of sp³-hybridized carbons (Fsp3) is 0.364. The Morgan fingerprint density at radius 2 is 1.86 bits per heavy atom. The maximum atomic E-state index is 14.7. The van der Waals surface area contributed by atoms with E-state index in [0.717, 1.165) is 30.5 Å². The number of rotatable bonds is 5. The van der Waals surface area contributed by atoms with Crippen molar-refractivity contribution in [1.29, 1.82) is 0 Å². The molecule has 0 bridgehead atoms. The largest absolute Gasteiger partial charge is 0.324 e. The molecule has 1 fully saturated rings. The fourth-order valence-electron chi connectivity index (χ4n) is 3.46. The lowest BCUT2D eigenvalue weighted by Crippen LogP contribution is -2.45. The van der Waals surface area contributed by atoms with Crippen LogP contribution in [0.4, 0.5) is 14.9 Å². The van der Waals surface area contributed by atoms with Crippen molar-refractivity contribution in [2.75, 3.05) is 24.5 Å². The number of piperidine rings is 1. The predicted octanol–water partition coefficient (Wildman–Crippen LogP) is 3.89. The van der Waals surface area contributed by atoms with Crippen molar-refractivity contribution in [3.05, 3.63) is 65.0 Å². The summed E-state index contributed by atoms with van der Waals surface area (Å²) in [6.07, 6.45) is 3.09. The van der Waals surface area contributed by atoms with Gasteiger partial charge in [0.15, 0.2) is 5.78 Å². The summed E-state index contributed by atoms with van der Waals surface area (Å²) in [5.41, 5.74) is 7.72. The normalized spacial score (nSPS) is 14.0. The van der Waals surface area contributed by atoms with Crippen LogP contribution in [0.1, 0.15) is 40.7 Å². The molecule has 28 heavy (non-hydrogen) atoms. The number of anilines is 1. The van der Waals surface area contributed by atoms with Gasteiger partial charge in [-0.1, -0.05) is 24.3 Å². The number of aryl methyl sites for hydroxylation is 1. The number of amides is 2. The van der Waals surface area contributed by atoms with Crippen molar-refractivity contribution < 1.29 is 14.0 Å². The molecule has 3 rings (SSSR count). The summed E-state index contributed by atoms with van der Waals surface area (Å²) in [6, 6.07) is 11.8. The number of halogens is 1. The van der Waals surface area contributed by atoms with Gasteiger partial charge in [-0.25, -0.2) is 9.18 Å². The molecule has 0 radical (unpaired) electrons. The molecule has 148 valence electrons. The Hall–Kier alpha value is -2.73. The molecule has 1 aliphatic rings. The molecule has 0 aliphatic carbocycles. The predicted molar refractivity (Wildman–Crippen MR) is 108 cm³/mol. The minimum absolute atomic E-state index is 0.0989. The Bertz CT molecular complexity index is 863. The molecule has 2 amide bonds. The number of hydrogen-bond donors (Lipinski definition) is 1. The van der Waals surface area contributed by atoms with Crippen LogP contribution in [-0.2, 0) is 6.54 Å². The number of likely N-dealkylation sites (tertiary alicyclic amines) is 1. The van der Waals surface area contributed by atoms with Gasteiger partial charge < -0.3 is 10.6 Å². The first-order chi connectivity index (χ1) is 13.5. The van der Waals surface area contributed by atoms with Gasteiger partial charge in [0, 0.05) is 29.9 Å². The van der Waals surface area contributed by atoms with Crippen molar-refractivity contribution in [3.63, 3.8) is 0 Å². The van der Waals surface area contributed by atoms with E-state index in [0.29, 0.717) is 18.7 Å². The van der Waals surface area contributed by atoms with Crippen LogP contribution < -0.4 is 10.6 Å². The van der Waals surface area contributed by atoms with Gasteiger partial charge in [-0.15, -0.1) is 0 Å². The number of hydrogen-bond acceptors (Lipinski definition) is 3. The monoisotopic (exact) mass is 383 g/mol. The van der Waals surface area contributed by atoms with Crippen LogP contribution in [0, 0.1) is 12.7 Å². The molecule has 2 N–H and O–H groups in total. The lowest BCUT2D eigenvalue weighted by molar-refractivity contribution is 0.100. The number of ketones is 1. The molecule has 5 nitrogen and oxygen atoms in total. The molecule has 0 spiro atoms. The van der Waals surface area contributed by atoms with Crippen LogP contribution in [0.15, 0.2) is 42.5 Å². The summed E-state index contributed by atoms with van der Waals surface area (Å²) in [6.45, 7) is 3.32. The van der Waals surface area contributed by atoms with Gasteiger partial charge in [0.2, 0.25) is 0 Å². The zero-order valence-electron chi connectivity index (χ0n) is 16.2. The third-order valence-corrected chi connectivity index (χ3v) is 5.06. The number of benzene rings is 2. The molecule has 6 heteroatoms. The Balaban J connectivity index is 1.91. The maximum Gasteiger partial charge on any atom is 0.324 e. The zero-order valence-corrected chi connectivity index (χ0v) is 16.2. The minimum Gasteiger partial charge on any atom is -0.324 e. The molecular formula is C22H26FN3O2. The second-order valence-electron chi connectivity index (χ2n) is 7.19. The summed E-state index contributed by atoms with van der Waals surface area (Å²) in [7, 11) is 0. The van der Waals surface area contributed by atoms with Gasteiger partial charge in [0.05, 0.1) is 13.1 Å². The SMILES string of the molecule is Cc1cccc(N(Cc2ccc(C(=O)CN)cc2F)C(=O)N2CCCCC2)c1. The van der Waals surface area contributed by atoms with Crippen LogP contribution in [0.25, 0.3) is 0 Å². The van der Waals surface area contributed by atoms with E-state index in [2.05, 4.69) is 0 Å². The van der Waals surface area contributed by atoms with E-state index in [-0.39, 0.29) is 30.5 Å². The quantitative estimate of drug-likeness (QED) is 0.797. The summed E-state index contributed by atoms with van der Waals surface area (Å²) in [5.74, 6) is -0.825. The standard InChI is InChI=1S/C22H26FN3O2/c1-16-6-5-7-19(12-16)26(22(28)25-10-3-2-4-11-25)15-18-9-8-17(13-20(18)23)21(27)14-24/h5-9,12-13H,2-4,10-11,14-15,24H2,1H3. The maximum absolute atomic E-state index is 14.7. The molecule has 1 saturated heterocycles. The highest BCUT2D eigenvalue weighted by Crippen LogP contribution is 2.23. The van der Waals surface area contributed by atoms with Crippen molar-refractivity contribution in [1.82, 2.24) is 4.90 Å². The van der Waals surface area contributed by atoms with Crippen LogP contribution in [-0.4, -0.2) is 36.3 Å². The van der Waals surface area contributed by atoms with E-state index < -0.39 is 5.82 Å². The summed E-state index contributed by atoms with van der Waals surface area (Å²) < 4.78 is 14.7. The zero-order chi connectivity index (χ0) is 20.1. The van der Waals surface area contributed by atoms with Crippen molar-refractivity contribution >= 4 is 17.5 Å². The van der Waals surface area contributed by atoms with E-state index in [4.69, 9.17) is 5.73 Å². The number of Topliss-reactive ketones (excluding diaryl/α,β-unsaturated/α-hetero) is 1. The topological polar surface area (TPSA) is 66.6 Å². The lowest BCUT2D eigenvalue weighted by Gasteiger charge is -2.33. The minimum atomic E-state index is -0.511. The number of carbonyl (C=O) groups excluding carboxylic acids is 2. The average molecular weight is 383 g/mol. The Morgan fingerprint density at radius 3 is 2.50 bits per heavy atom. The van der Waals surface area contributed by atoms with Crippen LogP contribution in [0.5, 0.6) is 0 Å². The first kappa shape index (κ1) is 20.0. The molecule has 2 aromatic rings. The van der Waals surface area contributed by atoms with Gasteiger partial charge in [-0.05, 0) is 49.9 Å². The molecule has 1 heterocycles. The van der Waals surface area contributed by atoms with Crippen LogP contribution in [0.3, 0.4) is 0 Å². The second-order valence-corrected chi connectivity index (χ2v) is 7.19. The van der Waals surface area contributed by atoms with E-state index in [1.54, 1.807) is 17.0 Å². The Morgan fingerprint density at radius 1 is 1.11 bits per heavy atom. The fourth-order valence-corrected chi connectivity index (χ4v) is 3.46. The number of urea groups is 1. The van der Waals surface area contributed by atoms with Crippen LogP contribution >= 0.6 is 0 Å². The van der Waals surface area contributed by atoms with E-state index in [1.165, 1.54) is 6.07 Å². The second kappa shape index (κ2) is 8.97. The molecule has 1 aliphatic heterocycles. The average Bonchev–Trinajstić information content (AvgIpc) is 2.72. The van der Waals surface area contributed by atoms with Crippen molar-refractivity contribution in [2.45, 2.75) is 32.7 Å². The highest BCUT2D eigenvalue weighted by Gasteiger charge is 2.25. The first-order valence-corrected chi connectivity index (χ1v) is 9.64. The summed E-state index contributed by atoms with van der Waals surface area (Å²) >= 11 is 0. The first-order valence-electron chi connectivity index (χ1n) is 9.64. The van der Waals surface area contributed by atoms with E-state index >= 15 is 0 Å². The van der Waals surface area contributed by atoms with Crippen molar-refractivity contribution in [3.8, 4) is 0 Å². The number of nitrogens with two attached hydrogens (primary N) is 1. The smallest absolute Gasteiger partial charge is 0.324 e. The third-order valence-electron chi connectivity index (χ3n) is 5.06. The Labute approximate surface area is 164 Å². The highest BCUT2D eigenvalue weighted by molar-refractivity contribution is 5.97. The molecular weight excluding hydrogens is 357 g/mol. The van der Waals surface area contributed by atoms with Gasteiger partial charge >= 0.3 is 6.03 Å². The number of carbonyl (C=O) groups is 2. The lowest BCUT2D eigenvalue weighted by atomic mass is 10.1. The third kappa shape index (κ3) is 4.57. The van der Waals surface area contributed by atoms with Gasteiger partial charge in [0.25, 0.3) is 0 Å². The van der Waals surface area contributed by atoms with E-state index in [1.807, 2.05) is 36.1 Å². The molecule has 0 saturated carbocycles. The molecule has 0 atom stereocenters. The molecule has 2 aromatic carbocycles. The van der Waals surface area contributed by atoms with Crippen LogP contribution in [0.2, 0.25) is 0 Å². The summed E-state index contributed by atoms with van der Waals surface area (Å²) in [4.78, 5) is 28.4. The van der Waals surface area contributed by atoms with Gasteiger partial charge in [0.1, 0.15) is 5.82 Å². The highest BCUT2D eigenvalue weighted by atomic mass is 19.1. The van der Waals surface area contributed by atoms with Crippen molar-refractivity contribution in [2.24, 2.45) is 5.73 Å². The van der Waals surface area contributed by atoms with E-state index in [9.17, 15) is 14.0 Å². The van der Waals surface area contributed by atoms with Gasteiger partial charge in [-0.3, -0.25) is 9.69 Å². The molecule has 0 aromatic heterocycles. The molecule has 0 unspecified atom stereocenters. The Kier molecular flexibility index (Phi) is 6.41. The van der Waals surface area contributed by atoms with Gasteiger partial charge in [-0.2, -0.15) is 0 Å². The number of nitrogens with zero attached hydrogens (tertiary/aromatic N) is 2.